The molecule has 0 radical (unpaired) electrons. The second-order valence-corrected chi connectivity index (χ2v) is 9.24. The number of hydrogen-bond acceptors (Lipinski definition) is 2. The summed E-state index contributed by atoms with van der Waals surface area (Å²) >= 11 is 3.86. The zero-order valence-electron chi connectivity index (χ0n) is 14.8. The van der Waals surface area contributed by atoms with E-state index in [4.69, 9.17) is 0 Å². The van der Waals surface area contributed by atoms with Crippen LogP contribution in [0.2, 0.25) is 0 Å². The second-order valence-electron chi connectivity index (χ2n) is 7.14. The highest BCUT2D eigenvalue weighted by Gasteiger charge is 2.13. The number of hydrogen-bond donors (Lipinski definition) is 0. The van der Waals surface area contributed by atoms with Gasteiger partial charge in [0.05, 0.1) is 9.40 Å². The first-order chi connectivity index (χ1) is 13.3. The van der Waals surface area contributed by atoms with Crippen molar-refractivity contribution in [2.45, 2.75) is 6.92 Å². The van der Waals surface area contributed by atoms with Crippen molar-refractivity contribution in [1.29, 1.82) is 0 Å². The minimum Gasteiger partial charge on any atom is -0.134 e. The van der Waals surface area contributed by atoms with Crippen LogP contribution >= 0.6 is 22.7 Å². The third-order valence-corrected chi connectivity index (χ3v) is 7.82. The SMILES string of the molecule is Cc1ccc2sc3c4cc5cc(-c6ccccc6)ccc5cc4sc3c2c1. The van der Waals surface area contributed by atoms with Crippen LogP contribution in [0.4, 0.5) is 0 Å². The number of fused-ring (bicyclic) bond motifs is 6. The molecular formula is C25H16S2. The zero-order valence-corrected chi connectivity index (χ0v) is 16.5. The fraction of sp³-hybridized carbons (Fsp3) is 0.0400. The van der Waals surface area contributed by atoms with Crippen LogP contribution in [0, 0.1) is 6.92 Å². The molecule has 0 aliphatic rings. The van der Waals surface area contributed by atoms with Crippen molar-refractivity contribution >= 4 is 63.0 Å². The minimum absolute atomic E-state index is 1.27. The van der Waals surface area contributed by atoms with Crippen molar-refractivity contribution in [3.8, 4) is 11.1 Å². The lowest BCUT2D eigenvalue weighted by molar-refractivity contribution is 1.52. The van der Waals surface area contributed by atoms with Gasteiger partial charge < -0.3 is 0 Å². The summed E-state index contributed by atoms with van der Waals surface area (Å²) in [6.45, 7) is 2.18. The van der Waals surface area contributed by atoms with E-state index in [-0.39, 0.29) is 0 Å². The number of benzene rings is 4. The summed E-state index contributed by atoms with van der Waals surface area (Å²) in [6.07, 6.45) is 0. The molecule has 0 saturated carbocycles. The Balaban J connectivity index is 1.65. The van der Waals surface area contributed by atoms with Crippen LogP contribution in [0.15, 0.2) is 78.9 Å². The minimum atomic E-state index is 1.27. The summed E-state index contributed by atoms with van der Waals surface area (Å²) in [4.78, 5) is 0. The highest BCUT2D eigenvalue weighted by Crippen LogP contribution is 2.45. The summed E-state index contributed by atoms with van der Waals surface area (Å²) in [5, 5.41) is 5.44. The maximum Gasteiger partial charge on any atom is 0.0542 e. The van der Waals surface area contributed by atoms with Crippen LogP contribution in [0.5, 0.6) is 0 Å². The number of rotatable bonds is 1. The number of aryl methyl sites for hydroxylation is 1. The quantitative estimate of drug-likeness (QED) is 0.269. The predicted octanol–water partition coefficient (Wildman–Crippen LogP) is 8.40. The Kier molecular flexibility index (Phi) is 3.22. The molecule has 6 aromatic rings. The Morgan fingerprint density at radius 2 is 1.33 bits per heavy atom. The van der Waals surface area contributed by atoms with Crippen molar-refractivity contribution in [3.63, 3.8) is 0 Å². The van der Waals surface area contributed by atoms with E-state index in [1.54, 1.807) is 0 Å². The van der Waals surface area contributed by atoms with Crippen LogP contribution in [0.25, 0.3) is 51.5 Å². The van der Waals surface area contributed by atoms with Gasteiger partial charge in [-0.05, 0) is 59.2 Å². The van der Waals surface area contributed by atoms with Crippen LogP contribution in [0.3, 0.4) is 0 Å². The molecular weight excluding hydrogens is 364 g/mol. The second kappa shape index (κ2) is 5.66. The lowest BCUT2D eigenvalue weighted by atomic mass is 10.0. The van der Waals surface area contributed by atoms with Gasteiger partial charge >= 0.3 is 0 Å². The van der Waals surface area contributed by atoms with E-state index < -0.39 is 0 Å². The van der Waals surface area contributed by atoms with E-state index in [9.17, 15) is 0 Å². The van der Waals surface area contributed by atoms with Gasteiger partial charge in [0.15, 0.2) is 0 Å². The highest BCUT2D eigenvalue weighted by atomic mass is 32.1. The molecule has 2 aromatic heterocycles. The lowest BCUT2D eigenvalue weighted by Crippen LogP contribution is -1.78. The molecule has 0 aliphatic carbocycles. The van der Waals surface area contributed by atoms with E-state index in [2.05, 4.69) is 85.8 Å². The molecule has 0 bridgehead atoms. The summed E-state index contributed by atoms with van der Waals surface area (Å²) < 4.78 is 5.65. The van der Waals surface area contributed by atoms with E-state index in [0.717, 1.165) is 0 Å². The fourth-order valence-electron chi connectivity index (χ4n) is 3.93. The molecule has 4 aromatic carbocycles. The molecule has 0 unspecified atom stereocenters. The van der Waals surface area contributed by atoms with E-state index in [0.29, 0.717) is 0 Å². The molecule has 0 amide bonds. The van der Waals surface area contributed by atoms with Crippen LogP contribution in [0.1, 0.15) is 5.56 Å². The first-order valence-corrected chi connectivity index (χ1v) is 10.7. The maximum atomic E-state index is 2.39. The van der Waals surface area contributed by atoms with Gasteiger partial charge in [0, 0.05) is 20.2 Å². The Morgan fingerprint density at radius 3 is 2.19 bits per heavy atom. The summed E-state index contributed by atoms with van der Waals surface area (Å²) in [5.74, 6) is 0. The van der Waals surface area contributed by atoms with Crippen molar-refractivity contribution in [1.82, 2.24) is 0 Å². The average molecular weight is 381 g/mol. The average Bonchev–Trinajstić information content (AvgIpc) is 3.22. The van der Waals surface area contributed by atoms with Gasteiger partial charge in [-0.15, -0.1) is 22.7 Å². The molecule has 0 aliphatic heterocycles. The molecule has 0 nitrogen and oxygen atoms in total. The molecule has 2 heteroatoms. The Bertz CT molecular complexity index is 1470. The molecule has 128 valence electrons. The molecule has 6 rings (SSSR count). The van der Waals surface area contributed by atoms with Crippen LogP contribution < -0.4 is 0 Å². The molecule has 0 fully saturated rings. The summed E-state index contributed by atoms with van der Waals surface area (Å²) in [7, 11) is 0. The van der Waals surface area contributed by atoms with Crippen molar-refractivity contribution in [3.05, 3.63) is 84.4 Å². The summed E-state index contributed by atoms with van der Waals surface area (Å²) in [6, 6.07) is 29.0. The van der Waals surface area contributed by atoms with Crippen molar-refractivity contribution in [2.24, 2.45) is 0 Å². The normalized spacial score (nSPS) is 11.9. The van der Waals surface area contributed by atoms with Crippen molar-refractivity contribution < 1.29 is 0 Å². The van der Waals surface area contributed by atoms with Gasteiger partial charge in [-0.3, -0.25) is 0 Å². The lowest BCUT2D eigenvalue weighted by Gasteiger charge is -2.04. The maximum absolute atomic E-state index is 2.39. The molecule has 0 spiro atoms. The Labute approximate surface area is 165 Å². The van der Waals surface area contributed by atoms with Crippen molar-refractivity contribution in [2.75, 3.05) is 0 Å². The highest BCUT2D eigenvalue weighted by molar-refractivity contribution is 7.36. The molecule has 2 heterocycles. The molecule has 0 atom stereocenters. The van der Waals surface area contributed by atoms with Crippen LogP contribution in [-0.2, 0) is 0 Å². The van der Waals surface area contributed by atoms with Gasteiger partial charge in [-0.1, -0.05) is 54.1 Å². The zero-order chi connectivity index (χ0) is 18.0. The topological polar surface area (TPSA) is 0 Å². The fourth-order valence-corrected chi connectivity index (χ4v) is 6.57. The monoisotopic (exact) mass is 380 g/mol. The smallest absolute Gasteiger partial charge is 0.0542 e. The molecule has 0 N–H and O–H groups in total. The molecule has 27 heavy (non-hydrogen) atoms. The van der Waals surface area contributed by atoms with Gasteiger partial charge in [0.2, 0.25) is 0 Å². The third kappa shape index (κ3) is 2.34. The first kappa shape index (κ1) is 15.4. The van der Waals surface area contributed by atoms with Gasteiger partial charge in [0.25, 0.3) is 0 Å². The standard InChI is InChI=1S/C25H16S2/c1-15-7-10-22-20(11-15)24-25(26-22)21-13-19-12-17(16-5-3-2-4-6-16)8-9-18(19)14-23(21)27-24/h2-14H,1H3. The van der Waals surface area contributed by atoms with E-state index in [1.165, 1.54) is 57.0 Å². The van der Waals surface area contributed by atoms with Gasteiger partial charge in [-0.25, -0.2) is 0 Å². The van der Waals surface area contributed by atoms with Gasteiger partial charge in [0.1, 0.15) is 0 Å². The van der Waals surface area contributed by atoms with Gasteiger partial charge in [-0.2, -0.15) is 0 Å². The first-order valence-electron chi connectivity index (χ1n) is 9.11. The number of thiophene rings is 2. The largest absolute Gasteiger partial charge is 0.134 e. The predicted molar refractivity (Wildman–Crippen MR) is 122 cm³/mol. The molecule has 0 saturated heterocycles. The van der Waals surface area contributed by atoms with E-state index in [1.807, 2.05) is 22.7 Å². The Hall–Kier alpha value is -2.68. The summed E-state index contributed by atoms with van der Waals surface area (Å²) in [5.41, 5.74) is 3.88. The Morgan fingerprint density at radius 1 is 0.556 bits per heavy atom. The third-order valence-electron chi connectivity index (χ3n) is 5.30. The van der Waals surface area contributed by atoms with Crippen LogP contribution in [-0.4, -0.2) is 0 Å². The van der Waals surface area contributed by atoms with E-state index >= 15 is 0 Å².